The van der Waals surface area contributed by atoms with Crippen molar-refractivity contribution in [3.8, 4) is 5.82 Å². The first-order valence-electron chi connectivity index (χ1n) is 5.66. The van der Waals surface area contributed by atoms with Crippen LogP contribution in [0.4, 0.5) is 0 Å². The Balaban J connectivity index is 2.66. The van der Waals surface area contributed by atoms with Gasteiger partial charge in [-0.2, -0.15) is 10.2 Å². The second kappa shape index (κ2) is 4.56. The van der Waals surface area contributed by atoms with Gasteiger partial charge >= 0.3 is 5.97 Å². The summed E-state index contributed by atoms with van der Waals surface area (Å²) in [4.78, 5) is 11.2. The van der Waals surface area contributed by atoms with E-state index in [0.29, 0.717) is 0 Å². The molecule has 94 valence electrons. The van der Waals surface area contributed by atoms with Gasteiger partial charge in [-0.15, -0.1) is 5.10 Å². The molecule has 0 aliphatic carbocycles. The van der Waals surface area contributed by atoms with Crippen LogP contribution in [-0.4, -0.2) is 31.1 Å². The van der Waals surface area contributed by atoms with Gasteiger partial charge < -0.3 is 5.11 Å². The van der Waals surface area contributed by atoms with Crippen LogP contribution in [0, 0.1) is 13.8 Å². The highest BCUT2D eigenvalue weighted by molar-refractivity contribution is 5.90. The van der Waals surface area contributed by atoms with Crippen molar-refractivity contribution in [2.75, 3.05) is 0 Å². The molecule has 0 bridgehead atoms. The van der Waals surface area contributed by atoms with Crippen LogP contribution in [0.15, 0.2) is 12.3 Å². The summed E-state index contributed by atoms with van der Waals surface area (Å²) in [6.45, 7) is 5.84. The lowest BCUT2D eigenvalue weighted by molar-refractivity contribution is 0.0696. The van der Waals surface area contributed by atoms with Gasteiger partial charge in [0.15, 0.2) is 5.82 Å². The molecule has 0 atom stereocenters. The van der Waals surface area contributed by atoms with E-state index in [2.05, 4.69) is 15.3 Å². The monoisotopic (exact) mass is 246 g/mol. The second-order valence-corrected chi connectivity index (χ2v) is 3.99. The van der Waals surface area contributed by atoms with Crippen LogP contribution in [0.1, 0.15) is 34.2 Å². The Bertz CT molecular complexity index is 604. The van der Waals surface area contributed by atoms with Crippen LogP contribution >= 0.6 is 0 Å². The first kappa shape index (κ1) is 12.2. The number of aryl methyl sites for hydroxylation is 1. The van der Waals surface area contributed by atoms with Gasteiger partial charge in [0.2, 0.25) is 0 Å². The summed E-state index contributed by atoms with van der Waals surface area (Å²) in [5.41, 5.74) is 2.99. The average molecular weight is 246 g/mol. The quantitative estimate of drug-likeness (QED) is 0.888. The molecule has 0 spiro atoms. The van der Waals surface area contributed by atoms with Crippen molar-refractivity contribution in [3.05, 3.63) is 34.8 Å². The Morgan fingerprint density at radius 1 is 1.44 bits per heavy atom. The molecule has 1 N–H and O–H groups in total. The van der Waals surface area contributed by atoms with Crippen molar-refractivity contribution in [3.63, 3.8) is 0 Å². The smallest absolute Gasteiger partial charge is 0.339 e. The van der Waals surface area contributed by atoms with Crippen LogP contribution in [0.25, 0.3) is 5.82 Å². The molecule has 2 rings (SSSR count). The molecule has 6 heteroatoms. The molecule has 2 heterocycles. The molecule has 0 aliphatic rings. The molecule has 0 unspecified atom stereocenters. The summed E-state index contributed by atoms with van der Waals surface area (Å²) < 4.78 is 1.55. The van der Waals surface area contributed by atoms with Crippen molar-refractivity contribution < 1.29 is 9.90 Å². The molecule has 0 fully saturated rings. The molecule has 6 nitrogen and oxygen atoms in total. The summed E-state index contributed by atoms with van der Waals surface area (Å²) in [7, 11) is 0. The van der Waals surface area contributed by atoms with E-state index in [0.717, 1.165) is 23.4 Å². The number of carbonyl (C=O) groups is 1. The fourth-order valence-electron chi connectivity index (χ4n) is 2.04. The number of rotatable bonds is 3. The maximum atomic E-state index is 11.2. The highest BCUT2D eigenvalue weighted by Gasteiger charge is 2.18. The molecule has 0 saturated heterocycles. The topological polar surface area (TPSA) is 80.9 Å². The highest BCUT2D eigenvalue weighted by Crippen LogP contribution is 2.18. The summed E-state index contributed by atoms with van der Waals surface area (Å²) in [5, 5.41) is 21.1. The molecular formula is C12H14N4O2. The zero-order chi connectivity index (χ0) is 13.3. The predicted octanol–water partition coefficient (Wildman–Crippen LogP) is 1.54. The SMILES string of the molecule is CCc1c(C)nn(-c2nnccc2C(=O)O)c1C. The van der Waals surface area contributed by atoms with Gasteiger partial charge in [0.05, 0.1) is 11.9 Å². The molecular weight excluding hydrogens is 232 g/mol. The Kier molecular flexibility index (Phi) is 3.10. The minimum atomic E-state index is -1.04. The van der Waals surface area contributed by atoms with E-state index in [9.17, 15) is 4.79 Å². The molecule has 0 aliphatic heterocycles. The molecule has 0 radical (unpaired) electrons. The van der Waals surface area contributed by atoms with Crippen molar-refractivity contribution >= 4 is 5.97 Å². The van der Waals surface area contributed by atoms with Crippen molar-refractivity contribution in [1.29, 1.82) is 0 Å². The Morgan fingerprint density at radius 3 is 2.72 bits per heavy atom. The van der Waals surface area contributed by atoms with E-state index >= 15 is 0 Å². The van der Waals surface area contributed by atoms with E-state index in [-0.39, 0.29) is 11.4 Å². The number of carboxylic acids is 1. The number of aromatic carboxylic acids is 1. The molecule has 0 saturated carbocycles. The molecule has 0 amide bonds. The standard InChI is InChI=1S/C12H14N4O2/c1-4-9-7(2)15-16(8(9)3)11-10(12(17)18)5-6-13-14-11/h5-6H,4H2,1-3H3,(H,17,18). The number of hydrogen-bond donors (Lipinski definition) is 1. The zero-order valence-electron chi connectivity index (χ0n) is 10.5. The van der Waals surface area contributed by atoms with Gasteiger partial charge in [0.1, 0.15) is 5.56 Å². The molecule has 18 heavy (non-hydrogen) atoms. The fraction of sp³-hybridized carbons (Fsp3) is 0.333. The van der Waals surface area contributed by atoms with Crippen molar-refractivity contribution in [2.45, 2.75) is 27.2 Å². The lowest BCUT2D eigenvalue weighted by atomic mass is 10.1. The summed E-state index contributed by atoms with van der Waals surface area (Å²) >= 11 is 0. The van der Waals surface area contributed by atoms with Gasteiger partial charge in [-0.25, -0.2) is 9.48 Å². The van der Waals surface area contributed by atoms with Gasteiger partial charge in [-0.3, -0.25) is 0 Å². The maximum Gasteiger partial charge on any atom is 0.339 e. The van der Waals surface area contributed by atoms with Gasteiger partial charge in [-0.05, 0) is 31.9 Å². The minimum absolute atomic E-state index is 0.0956. The lowest BCUT2D eigenvalue weighted by Gasteiger charge is -2.05. The van der Waals surface area contributed by atoms with Crippen LogP contribution in [0.3, 0.4) is 0 Å². The van der Waals surface area contributed by atoms with Crippen molar-refractivity contribution in [1.82, 2.24) is 20.0 Å². The van der Waals surface area contributed by atoms with E-state index in [4.69, 9.17) is 5.11 Å². The molecule has 2 aromatic rings. The molecule has 2 aromatic heterocycles. The summed E-state index contributed by atoms with van der Waals surface area (Å²) in [6, 6.07) is 1.42. The third kappa shape index (κ3) is 1.85. The summed E-state index contributed by atoms with van der Waals surface area (Å²) in [5.74, 6) is -0.782. The molecule has 0 aromatic carbocycles. The highest BCUT2D eigenvalue weighted by atomic mass is 16.4. The maximum absolute atomic E-state index is 11.2. The minimum Gasteiger partial charge on any atom is -0.478 e. The zero-order valence-corrected chi connectivity index (χ0v) is 10.5. The normalized spacial score (nSPS) is 10.6. The number of nitrogens with zero attached hydrogens (tertiary/aromatic N) is 4. The van der Waals surface area contributed by atoms with E-state index in [1.54, 1.807) is 4.68 Å². The number of hydrogen-bond acceptors (Lipinski definition) is 4. The van der Waals surface area contributed by atoms with Crippen LogP contribution < -0.4 is 0 Å². The third-order valence-corrected chi connectivity index (χ3v) is 2.93. The van der Waals surface area contributed by atoms with E-state index in [1.807, 2.05) is 20.8 Å². The van der Waals surface area contributed by atoms with Gasteiger partial charge in [0, 0.05) is 5.69 Å². The Morgan fingerprint density at radius 2 is 2.17 bits per heavy atom. The predicted molar refractivity (Wildman–Crippen MR) is 65.0 cm³/mol. The fourth-order valence-corrected chi connectivity index (χ4v) is 2.04. The average Bonchev–Trinajstić information content (AvgIpc) is 2.64. The van der Waals surface area contributed by atoms with E-state index in [1.165, 1.54) is 12.3 Å². The van der Waals surface area contributed by atoms with Gasteiger partial charge in [0.25, 0.3) is 0 Å². The lowest BCUT2D eigenvalue weighted by Crippen LogP contribution is -2.11. The first-order valence-corrected chi connectivity index (χ1v) is 5.66. The van der Waals surface area contributed by atoms with Crippen LogP contribution in [0.5, 0.6) is 0 Å². The first-order chi connectivity index (χ1) is 8.56. The van der Waals surface area contributed by atoms with E-state index < -0.39 is 5.97 Å². The second-order valence-electron chi connectivity index (χ2n) is 3.99. The Labute approximate surface area is 104 Å². The largest absolute Gasteiger partial charge is 0.478 e. The summed E-state index contributed by atoms with van der Waals surface area (Å²) in [6.07, 6.45) is 2.21. The number of carboxylic acid groups (broad SMARTS) is 1. The number of aromatic nitrogens is 4. The third-order valence-electron chi connectivity index (χ3n) is 2.93. The van der Waals surface area contributed by atoms with Crippen LogP contribution in [-0.2, 0) is 6.42 Å². The van der Waals surface area contributed by atoms with Crippen molar-refractivity contribution in [2.24, 2.45) is 0 Å². The van der Waals surface area contributed by atoms with Crippen LogP contribution in [0.2, 0.25) is 0 Å². The Hall–Kier alpha value is -2.24. The van der Waals surface area contributed by atoms with Gasteiger partial charge in [-0.1, -0.05) is 6.92 Å².